The molecule has 0 amide bonds. The van der Waals surface area contributed by atoms with Gasteiger partial charge in [-0.25, -0.2) is 0 Å². The topological polar surface area (TPSA) is 18.5 Å². The number of hydrogen-bond acceptors (Lipinski definition) is 3. The summed E-state index contributed by atoms with van der Waals surface area (Å²) < 4.78 is 0. The van der Waals surface area contributed by atoms with Crippen molar-refractivity contribution in [1.82, 2.24) is 15.1 Å². The van der Waals surface area contributed by atoms with E-state index in [1.165, 1.54) is 32.5 Å². The van der Waals surface area contributed by atoms with Crippen LogP contribution in [-0.4, -0.2) is 62.2 Å². The number of nitrogens with one attached hydrogen (secondary N) is 1. The molecule has 0 aliphatic carbocycles. The van der Waals surface area contributed by atoms with Gasteiger partial charge in [-0.3, -0.25) is 4.90 Å². The van der Waals surface area contributed by atoms with Crippen LogP contribution in [-0.2, 0) is 0 Å². The maximum absolute atomic E-state index is 3.54. The molecule has 1 rings (SSSR count). The normalized spacial score (nSPS) is 26.6. The lowest BCUT2D eigenvalue weighted by Gasteiger charge is -2.28. The molecule has 0 spiro atoms. The van der Waals surface area contributed by atoms with Gasteiger partial charge < -0.3 is 10.2 Å². The van der Waals surface area contributed by atoms with E-state index in [9.17, 15) is 0 Å². The van der Waals surface area contributed by atoms with Gasteiger partial charge in [0.25, 0.3) is 0 Å². The SMILES string of the molecule is CC1CCN(C(C)CCN(C)C)CCN1. The molecule has 15 heavy (non-hydrogen) atoms. The average Bonchev–Trinajstić information content (AvgIpc) is 2.39. The van der Waals surface area contributed by atoms with Crippen molar-refractivity contribution >= 4 is 0 Å². The first kappa shape index (κ1) is 12.9. The molecule has 0 radical (unpaired) electrons. The molecule has 3 heteroatoms. The van der Waals surface area contributed by atoms with Crippen molar-refractivity contribution in [2.45, 2.75) is 38.8 Å². The second-order valence-corrected chi connectivity index (χ2v) is 5.12. The maximum Gasteiger partial charge on any atom is 0.0110 e. The fourth-order valence-corrected chi connectivity index (χ4v) is 2.10. The van der Waals surface area contributed by atoms with Crippen LogP contribution in [0.15, 0.2) is 0 Å². The summed E-state index contributed by atoms with van der Waals surface area (Å²) in [5.74, 6) is 0. The van der Waals surface area contributed by atoms with Gasteiger partial charge in [0.2, 0.25) is 0 Å². The summed E-state index contributed by atoms with van der Waals surface area (Å²) in [6.45, 7) is 9.45. The zero-order chi connectivity index (χ0) is 11.3. The highest BCUT2D eigenvalue weighted by atomic mass is 15.2. The summed E-state index contributed by atoms with van der Waals surface area (Å²) in [6, 6.07) is 1.41. The third-order valence-corrected chi connectivity index (χ3v) is 3.36. The molecule has 1 N–H and O–H groups in total. The molecule has 0 saturated carbocycles. The standard InChI is InChI=1S/C12H27N3/c1-11-5-9-15(10-7-13-11)12(2)6-8-14(3)4/h11-13H,5-10H2,1-4H3. The molecule has 2 atom stereocenters. The van der Waals surface area contributed by atoms with Crippen molar-refractivity contribution in [3.8, 4) is 0 Å². The van der Waals surface area contributed by atoms with E-state index in [-0.39, 0.29) is 0 Å². The third kappa shape index (κ3) is 4.96. The zero-order valence-corrected chi connectivity index (χ0v) is 10.8. The molecular weight excluding hydrogens is 186 g/mol. The Hall–Kier alpha value is -0.120. The summed E-state index contributed by atoms with van der Waals surface area (Å²) in [6.07, 6.45) is 2.56. The summed E-state index contributed by atoms with van der Waals surface area (Å²) in [4.78, 5) is 4.90. The molecule has 2 unspecified atom stereocenters. The minimum Gasteiger partial charge on any atom is -0.313 e. The van der Waals surface area contributed by atoms with E-state index in [2.05, 4.69) is 43.1 Å². The van der Waals surface area contributed by atoms with E-state index in [1.54, 1.807) is 0 Å². The minimum absolute atomic E-state index is 0.691. The van der Waals surface area contributed by atoms with Gasteiger partial charge in [-0.15, -0.1) is 0 Å². The van der Waals surface area contributed by atoms with Crippen LogP contribution in [0.2, 0.25) is 0 Å². The average molecular weight is 213 g/mol. The lowest BCUT2D eigenvalue weighted by atomic mass is 10.1. The van der Waals surface area contributed by atoms with Crippen molar-refractivity contribution < 1.29 is 0 Å². The molecule has 0 aromatic rings. The van der Waals surface area contributed by atoms with Crippen molar-refractivity contribution in [2.24, 2.45) is 0 Å². The Bertz CT molecular complexity index is 170. The molecule has 0 aromatic carbocycles. The predicted octanol–water partition coefficient (Wildman–Crippen LogP) is 1.01. The number of nitrogens with zero attached hydrogens (tertiary/aromatic N) is 2. The van der Waals surface area contributed by atoms with Crippen LogP contribution in [0.3, 0.4) is 0 Å². The van der Waals surface area contributed by atoms with Crippen LogP contribution >= 0.6 is 0 Å². The first-order valence-corrected chi connectivity index (χ1v) is 6.21. The summed E-state index contributed by atoms with van der Waals surface area (Å²) in [7, 11) is 4.30. The van der Waals surface area contributed by atoms with Gasteiger partial charge in [0.15, 0.2) is 0 Å². The van der Waals surface area contributed by atoms with Crippen LogP contribution in [0.4, 0.5) is 0 Å². The second kappa shape index (κ2) is 6.46. The highest BCUT2D eigenvalue weighted by molar-refractivity contribution is 4.76. The molecule has 1 aliphatic rings. The predicted molar refractivity (Wildman–Crippen MR) is 66.3 cm³/mol. The summed E-state index contributed by atoms with van der Waals surface area (Å²) >= 11 is 0. The van der Waals surface area contributed by atoms with Gasteiger partial charge in [0.05, 0.1) is 0 Å². The number of rotatable bonds is 4. The molecule has 0 aromatic heterocycles. The van der Waals surface area contributed by atoms with Gasteiger partial charge in [-0.05, 0) is 53.9 Å². The van der Waals surface area contributed by atoms with Crippen LogP contribution in [0, 0.1) is 0 Å². The lowest BCUT2D eigenvalue weighted by molar-refractivity contribution is 0.198. The summed E-state index contributed by atoms with van der Waals surface area (Å²) in [5.41, 5.74) is 0. The van der Waals surface area contributed by atoms with Gasteiger partial charge in [0, 0.05) is 25.2 Å². The molecule has 0 bridgehead atoms. The Balaban J connectivity index is 2.28. The van der Waals surface area contributed by atoms with Crippen molar-refractivity contribution in [2.75, 3.05) is 40.3 Å². The largest absolute Gasteiger partial charge is 0.313 e. The molecule has 1 heterocycles. The first-order chi connectivity index (χ1) is 7.09. The third-order valence-electron chi connectivity index (χ3n) is 3.36. The summed E-state index contributed by atoms with van der Waals surface area (Å²) in [5, 5.41) is 3.54. The van der Waals surface area contributed by atoms with Gasteiger partial charge >= 0.3 is 0 Å². The Labute approximate surface area is 94.8 Å². The fourth-order valence-electron chi connectivity index (χ4n) is 2.10. The van der Waals surface area contributed by atoms with Crippen LogP contribution in [0.25, 0.3) is 0 Å². The Morgan fingerprint density at radius 3 is 2.80 bits per heavy atom. The highest BCUT2D eigenvalue weighted by Crippen LogP contribution is 2.08. The maximum atomic E-state index is 3.54. The molecule has 1 aliphatic heterocycles. The molecule has 1 saturated heterocycles. The molecule has 90 valence electrons. The molecule has 3 nitrogen and oxygen atoms in total. The van der Waals surface area contributed by atoms with E-state index in [4.69, 9.17) is 0 Å². The van der Waals surface area contributed by atoms with Gasteiger partial charge in [-0.1, -0.05) is 0 Å². The smallest absolute Gasteiger partial charge is 0.0110 e. The Morgan fingerprint density at radius 2 is 2.13 bits per heavy atom. The molecule has 1 fully saturated rings. The van der Waals surface area contributed by atoms with Crippen LogP contribution in [0.5, 0.6) is 0 Å². The monoisotopic (exact) mass is 213 g/mol. The van der Waals surface area contributed by atoms with Gasteiger partial charge in [-0.2, -0.15) is 0 Å². The second-order valence-electron chi connectivity index (χ2n) is 5.12. The number of hydrogen-bond donors (Lipinski definition) is 1. The lowest BCUT2D eigenvalue weighted by Crippen LogP contribution is -2.37. The van der Waals surface area contributed by atoms with E-state index in [1.807, 2.05) is 0 Å². The van der Waals surface area contributed by atoms with Gasteiger partial charge in [0.1, 0.15) is 0 Å². The Morgan fingerprint density at radius 1 is 1.40 bits per heavy atom. The van der Waals surface area contributed by atoms with Crippen LogP contribution < -0.4 is 5.32 Å². The van der Waals surface area contributed by atoms with E-state index >= 15 is 0 Å². The zero-order valence-electron chi connectivity index (χ0n) is 10.8. The van der Waals surface area contributed by atoms with Crippen molar-refractivity contribution in [3.05, 3.63) is 0 Å². The van der Waals surface area contributed by atoms with Crippen molar-refractivity contribution in [3.63, 3.8) is 0 Å². The van der Waals surface area contributed by atoms with E-state index < -0.39 is 0 Å². The van der Waals surface area contributed by atoms with Crippen molar-refractivity contribution in [1.29, 1.82) is 0 Å². The fraction of sp³-hybridized carbons (Fsp3) is 1.00. The first-order valence-electron chi connectivity index (χ1n) is 6.21. The van der Waals surface area contributed by atoms with Crippen LogP contribution in [0.1, 0.15) is 26.7 Å². The Kier molecular flexibility index (Phi) is 5.58. The minimum atomic E-state index is 0.691. The van der Waals surface area contributed by atoms with E-state index in [0.29, 0.717) is 6.04 Å². The van der Waals surface area contributed by atoms with E-state index in [0.717, 1.165) is 12.6 Å². The molecular formula is C12H27N3. The highest BCUT2D eigenvalue weighted by Gasteiger charge is 2.17. The quantitative estimate of drug-likeness (QED) is 0.752.